The molecule has 3 rings (SSSR count). The number of hydrogen-bond donors (Lipinski definition) is 1. The molecule has 104 valence electrons. The highest BCUT2D eigenvalue weighted by molar-refractivity contribution is 7.99. The zero-order valence-electron chi connectivity index (χ0n) is 10.7. The van der Waals surface area contributed by atoms with Crippen molar-refractivity contribution in [3.63, 3.8) is 0 Å². The summed E-state index contributed by atoms with van der Waals surface area (Å²) in [7, 11) is 0. The Hall–Kier alpha value is -1.53. The smallest absolute Gasteiger partial charge is 0.272 e. The second-order valence-corrected chi connectivity index (χ2v) is 5.99. The van der Waals surface area contributed by atoms with E-state index in [1.54, 1.807) is 12.4 Å². The van der Waals surface area contributed by atoms with E-state index in [9.17, 15) is 4.79 Å². The highest BCUT2D eigenvalue weighted by Gasteiger charge is 2.19. The predicted molar refractivity (Wildman–Crippen MR) is 82.6 cm³/mol. The molecular formula is C13H13ClN4OS. The van der Waals surface area contributed by atoms with Gasteiger partial charge in [0.2, 0.25) is 0 Å². The number of H-pyrrole nitrogens is 1. The molecule has 3 heterocycles. The number of aromatic nitrogens is 3. The first-order chi connectivity index (χ1) is 9.75. The van der Waals surface area contributed by atoms with Gasteiger partial charge in [0, 0.05) is 42.6 Å². The molecule has 5 nitrogen and oxygen atoms in total. The van der Waals surface area contributed by atoms with Gasteiger partial charge in [-0.05, 0) is 12.1 Å². The summed E-state index contributed by atoms with van der Waals surface area (Å²) in [6.07, 6.45) is 3.34. The summed E-state index contributed by atoms with van der Waals surface area (Å²) in [6, 6.07) is 3.62. The summed E-state index contributed by atoms with van der Waals surface area (Å²) in [5, 5.41) is 0.162. The number of pyridine rings is 1. The maximum atomic E-state index is 12.0. The molecule has 1 saturated heterocycles. The van der Waals surface area contributed by atoms with Gasteiger partial charge in [0.15, 0.2) is 5.82 Å². The summed E-state index contributed by atoms with van der Waals surface area (Å²) >= 11 is 8.02. The average Bonchev–Trinajstić information content (AvgIpc) is 2.51. The molecule has 0 aromatic carbocycles. The summed E-state index contributed by atoms with van der Waals surface area (Å²) in [5.74, 6) is 3.14. The van der Waals surface area contributed by atoms with Gasteiger partial charge in [-0.25, -0.2) is 4.98 Å². The molecule has 0 saturated carbocycles. The fraction of sp³-hybridized carbons (Fsp3) is 0.308. The van der Waals surface area contributed by atoms with E-state index in [1.165, 1.54) is 0 Å². The minimum absolute atomic E-state index is 0.162. The van der Waals surface area contributed by atoms with Gasteiger partial charge >= 0.3 is 0 Å². The molecule has 0 atom stereocenters. The number of anilines is 1. The van der Waals surface area contributed by atoms with Crippen molar-refractivity contribution in [3.8, 4) is 11.4 Å². The van der Waals surface area contributed by atoms with Crippen molar-refractivity contribution in [2.45, 2.75) is 0 Å². The number of hydrogen-bond acceptors (Lipinski definition) is 5. The van der Waals surface area contributed by atoms with Crippen molar-refractivity contribution >= 4 is 29.2 Å². The average molecular weight is 309 g/mol. The fourth-order valence-electron chi connectivity index (χ4n) is 2.08. The first-order valence-electron chi connectivity index (χ1n) is 6.28. The summed E-state index contributed by atoms with van der Waals surface area (Å²) in [5.41, 5.74) is 0.517. The van der Waals surface area contributed by atoms with Crippen LogP contribution < -0.4 is 10.5 Å². The second kappa shape index (κ2) is 5.85. The molecule has 0 aliphatic carbocycles. The lowest BCUT2D eigenvalue weighted by atomic mass is 10.2. The van der Waals surface area contributed by atoms with Crippen LogP contribution in [0, 0.1) is 0 Å². The molecule has 1 aliphatic heterocycles. The van der Waals surface area contributed by atoms with Gasteiger partial charge < -0.3 is 9.88 Å². The molecule has 0 bridgehead atoms. The van der Waals surface area contributed by atoms with Crippen molar-refractivity contribution < 1.29 is 0 Å². The number of nitrogens with one attached hydrogen (secondary N) is 1. The first-order valence-corrected chi connectivity index (χ1v) is 7.82. The van der Waals surface area contributed by atoms with Crippen LogP contribution in [-0.2, 0) is 0 Å². The molecule has 2 aromatic heterocycles. The number of halogens is 1. The number of rotatable bonds is 2. The molecule has 0 spiro atoms. The molecule has 0 unspecified atom stereocenters. The minimum Gasteiger partial charge on any atom is -0.353 e. The number of aromatic amines is 1. The molecule has 7 heteroatoms. The van der Waals surface area contributed by atoms with Crippen LogP contribution in [0.25, 0.3) is 11.4 Å². The Morgan fingerprint density at radius 3 is 2.65 bits per heavy atom. The van der Waals surface area contributed by atoms with Crippen molar-refractivity contribution in [3.05, 3.63) is 39.9 Å². The lowest BCUT2D eigenvalue weighted by Crippen LogP contribution is -2.34. The fourth-order valence-corrected chi connectivity index (χ4v) is 3.19. The Kier molecular flexibility index (Phi) is 3.93. The van der Waals surface area contributed by atoms with Crippen LogP contribution in [0.2, 0.25) is 5.02 Å². The molecule has 0 amide bonds. The molecule has 1 N–H and O–H groups in total. The van der Waals surface area contributed by atoms with Gasteiger partial charge in [-0.2, -0.15) is 11.8 Å². The van der Waals surface area contributed by atoms with Crippen molar-refractivity contribution in [2.24, 2.45) is 0 Å². The predicted octanol–water partition coefficient (Wildman–Crippen LogP) is 2.04. The largest absolute Gasteiger partial charge is 0.353 e. The zero-order chi connectivity index (χ0) is 13.9. The standard InChI is InChI=1S/C13H13ClN4OS/c14-10-12(18-5-7-20-8-6-18)16-11(17-13(10)19)9-1-3-15-4-2-9/h1-4H,5-8H2,(H,16,17,19). The third-order valence-corrected chi connectivity index (χ3v) is 4.39. The summed E-state index contributed by atoms with van der Waals surface area (Å²) < 4.78 is 0. The SMILES string of the molecule is O=c1[nH]c(-c2ccncc2)nc(N2CCSCC2)c1Cl. The Morgan fingerprint density at radius 2 is 1.95 bits per heavy atom. The normalized spacial score (nSPS) is 15.3. The van der Waals surface area contributed by atoms with Gasteiger partial charge in [0.25, 0.3) is 5.56 Å². The van der Waals surface area contributed by atoms with Gasteiger partial charge in [-0.1, -0.05) is 11.6 Å². The topological polar surface area (TPSA) is 61.9 Å². The Bertz CT molecular complexity index is 655. The Morgan fingerprint density at radius 1 is 1.25 bits per heavy atom. The maximum absolute atomic E-state index is 12.0. The first kappa shape index (κ1) is 13.5. The van der Waals surface area contributed by atoms with Crippen LogP contribution in [0.5, 0.6) is 0 Å². The molecular weight excluding hydrogens is 296 g/mol. The van der Waals surface area contributed by atoms with Gasteiger partial charge in [0.05, 0.1) is 0 Å². The van der Waals surface area contributed by atoms with E-state index >= 15 is 0 Å². The highest BCUT2D eigenvalue weighted by atomic mass is 35.5. The highest BCUT2D eigenvalue weighted by Crippen LogP contribution is 2.25. The van der Waals surface area contributed by atoms with Crippen molar-refractivity contribution in [1.82, 2.24) is 15.0 Å². The Labute approximate surface area is 125 Å². The lowest BCUT2D eigenvalue weighted by Gasteiger charge is -2.28. The van der Waals surface area contributed by atoms with E-state index in [0.717, 1.165) is 30.2 Å². The molecule has 1 aliphatic rings. The van der Waals surface area contributed by atoms with Crippen molar-refractivity contribution in [1.29, 1.82) is 0 Å². The minimum atomic E-state index is -0.304. The van der Waals surface area contributed by atoms with Gasteiger partial charge in [-0.15, -0.1) is 0 Å². The van der Waals surface area contributed by atoms with Crippen LogP contribution in [0.4, 0.5) is 5.82 Å². The molecule has 0 radical (unpaired) electrons. The maximum Gasteiger partial charge on any atom is 0.272 e. The second-order valence-electron chi connectivity index (χ2n) is 4.39. The van der Waals surface area contributed by atoms with Crippen LogP contribution in [0.1, 0.15) is 0 Å². The van der Waals surface area contributed by atoms with Crippen LogP contribution in [0.3, 0.4) is 0 Å². The van der Waals surface area contributed by atoms with Gasteiger partial charge in [-0.3, -0.25) is 9.78 Å². The van der Waals surface area contributed by atoms with Crippen LogP contribution in [0.15, 0.2) is 29.3 Å². The van der Waals surface area contributed by atoms with E-state index < -0.39 is 0 Å². The molecule has 20 heavy (non-hydrogen) atoms. The third-order valence-electron chi connectivity index (χ3n) is 3.11. The van der Waals surface area contributed by atoms with E-state index in [-0.39, 0.29) is 10.6 Å². The third kappa shape index (κ3) is 2.66. The zero-order valence-corrected chi connectivity index (χ0v) is 12.2. The summed E-state index contributed by atoms with van der Waals surface area (Å²) in [6.45, 7) is 1.72. The van der Waals surface area contributed by atoms with E-state index in [0.29, 0.717) is 11.6 Å². The summed E-state index contributed by atoms with van der Waals surface area (Å²) in [4.78, 5) is 25.3. The monoisotopic (exact) mass is 308 g/mol. The molecule has 1 fully saturated rings. The Balaban J connectivity index is 2.06. The van der Waals surface area contributed by atoms with E-state index in [2.05, 4.69) is 19.9 Å². The number of nitrogens with zero attached hydrogens (tertiary/aromatic N) is 3. The van der Waals surface area contributed by atoms with Gasteiger partial charge in [0.1, 0.15) is 10.8 Å². The number of thioether (sulfide) groups is 1. The van der Waals surface area contributed by atoms with E-state index in [4.69, 9.17) is 11.6 Å². The quantitative estimate of drug-likeness (QED) is 0.920. The van der Waals surface area contributed by atoms with Crippen molar-refractivity contribution in [2.75, 3.05) is 29.5 Å². The lowest BCUT2D eigenvalue weighted by molar-refractivity contribution is 0.834. The van der Waals surface area contributed by atoms with Crippen LogP contribution in [-0.4, -0.2) is 39.5 Å². The van der Waals surface area contributed by atoms with Crippen LogP contribution >= 0.6 is 23.4 Å². The van der Waals surface area contributed by atoms with E-state index in [1.807, 2.05) is 23.9 Å². The molecule has 2 aromatic rings.